The maximum atomic E-state index is 12.8. The van der Waals surface area contributed by atoms with E-state index >= 15 is 0 Å². The van der Waals surface area contributed by atoms with Crippen LogP contribution in [0.5, 0.6) is 0 Å². The molecule has 1 aliphatic rings. The van der Waals surface area contributed by atoms with Gasteiger partial charge in [0.05, 0.1) is 11.4 Å². The second kappa shape index (κ2) is 7.42. The van der Waals surface area contributed by atoms with Gasteiger partial charge in [0, 0.05) is 23.7 Å². The van der Waals surface area contributed by atoms with Crippen molar-refractivity contribution >= 4 is 33.4 Å². The lowest BCUT2D eigenvalue weighted by molar-refractivity contribution is -0.118. The SMILES string of the molecule is CSc1ccc(S(=O)(=O)N(C)CC(=O)N2c3ccccc3C[C@@H]2C)cc1. The van der Waals surface area contributed by atoms with E-state index in [0.717, 1.165) is 26.9 Å². The molecule has 2 aromatic rings. The van der Waals surface area contributed by atoms with Crippen LogP contribution in [0.4, 0.5) is 5.69 Å². The number of para-hydroxylation sites is 1. The monoisotopic (exact) mass is 390 g/mol. The Kier molecular flexibility index (Phi) is 5.41. The van der Waals surface area contributed by atoms with Crippen LogP contribution in [0.25, 0.3) is 0 Å². The van der Waals surface area contributed by atoms with Gasteiger partial charge in [-0.05, 0) is 55.5 Å². The first-order chi connectivity index (χ1) is 12.3. The number of likely N-dealkylation sites (N-methyl/N-ethyl adjacent to an activating group) is 1. The summed E-state index contributed by atoms with van der Waals surface area (Å²) < 4.78 is 26.6. The molecule has 0 fully saturated rings. The topological polar surface area (TPSA) is 57.7 Å². The molecule has 0 saturated carbocycles. The van der Waals surface area contributed by atoms with Crippen LogP contribution < -0.4 is 4.90 Å². The van der Waals surface area contributed by atoms with Crippen molar-refractivity contribution in [3.63, 3.8) is 0 Å². The second-order valence-corrected chi connectivity index (χ2v) is 9.31. The van der Waals surface area contributed by atoms with Crippen molar-refractivity contribution < 1.29 is 13.2 Å². The Morgan fingerprint density at radius 2 is 1.85 bits per heavy atom. The van der Waals surface area contributed by atoms with E-state index in [2.05, 4.69) is 0 Å². The Hall–Kier alpha value is -1.83. The Morgan fingerprint density at radius 3 is 2.50 bits per heavy atom. The third kappa shape index (κ3) is 3.51. The summed E-state index contributed by atoms with van der Waals surface area (Å²) >= 11 is 1.55. The lowest BCUT2D eigenvalue weighted by Crippen LogP contribution is -2.43. The summed E-state index contributed by atoms with van der Waals surface area (Å²) in [5, 5.41) is 0. The van der Waals surface area contributed by atoms with E-state index in [1.165, 1.54) is 7.05 Å². The van der Waals surface area contributed by atoms with Crippen molar-refractivity contribution in [2.75, 3.05) is 24.7 Å². The van der Waals surface area contributed by atoms with E-state index in [9.17, 15) is 13.2 Å². The summed E-state index contributed by atoms with van der Waals surface area (Å²) in [5.74, 6) is -0.214. The maximum absolute atomic E-state index is 12.8. The summed E-state index contributed by atoms with van der Waals surface area (Å²) in [5.41, 5.74) is 1.99. The molecule has 1 aliphatic heterocycles. The number of anilines is 1. The number of hydrogen-bond donors (Lipinski definition) is 0. The number of thioether (sulfide) groups is 1. The standard InChI is InChI=1S/C19H22N2O3S2/c1-14-12-15-6-4-5-7-18(15)21(14)19(22)13-20(2)26(23,24)17-10-8-16(25-3)9-11-17/h4-11,14H,12-13H2,1-3H3/t14-/m0/s1. The highest BCUT2D eigenvalue weighted by Crippen LogP contribution is 2.32. The summed E-state index contributed by atoms with van der Waals surface area (Å²) in [6.45, 7) is 1.79. The molecule has 138 valence electrons. The molecular formula is C19H22N2O3S2. The zero-order valence-corrected chi connectivity index (χ0v) is 16.7. The fourth-order valence-corrected chi connectivity index (χ4v) is 4.75. The quantitative estimate of drug-likeness (QED) is 0.737. The molecule has 1 atom stereocenters. The van der Waals surface area contributed by atoms with Gasteiger partial charge in [-0.3, -0.25) is 4.79 Å². The number of benzene rings is 2. The van der Waals surface area contributed by atoms with Crippen LogP contribution in [0.15, 0.2) is 58.3 Å². The van der Waals surface area contributed by atoms with Gasteiger partial charge in [-0.2, -0.15) is 4.31 Å². The molecule has 3 rings (SSSR count). The smallest absolute Gasteiger partial charge is 0.243 e. The van der Waals surface area contributed by atoms with Crippen molar-refractivity contribution in [3.05, 3.63) is 54.1 Å². The molecule has 0 spiro atoms. The minimum atomic E-state index is -3.71. The maximum Gasteiger partial charge on any atom is 0.243 e. The Labute approximate surface area is 159 Å². The van der Waals surface area contributed by atoms with E-state index < -0.39 is 10.0 Å². The molecule has 0 bridgehead atoms. The average Bonchev–Trinajstić information content (AvgIpc) is 2.97. The lowest BCUT2D eigenvalue weighted by Gasteiger charge is -2.25. The molecule has 0 radical (unpaired) electrons. The number of nitrogens with zero attached hydrogens (tertiary/aromatic N) is 2. The summed E-state index contributed by atoms with van der Waals surface area (Å²) in [7, 11) is -2.26. The molecule has 0 aliphatic carbocycles. The minimum absolute atomic E-state index is 0.0249. The molecular weight excluding hydrogens is 368 g/mol. The number of amides is 1. The van der Waals surface area contributed by atoms with Gasteiger partial charge in [0.25, 0.3) is 0 Å². The van der Waals surface area contributed by atoms with Crippen LogP contribution >= 0.6 is 11.8 Å². The number of hydrogen-bond acceptors (Lipinski definition) is 4. The van der Waals surface area contributed by atoms with Gasteiger partial charge >= 0.3 is 0 Å². The predicted octanol–water partition coefficient (Wildman–Crippen LogP) is 3.01. The Balaban J connectivity index is 1.78. The van der Waals surface area contributed by atoms with E-state index in [-0.39, 0.29) is 23.4 Å². The third-order valence-corrected chi connectivity index (χ3v) is 7.16. The molecule has 7 heteroatoms. The van der Waals surface area contributed by atoms with Gasteiger partial charge in [0.15, 0.2) is 0 Å². The van der Waals surface area contributed by atoms with E-state index in [4.69, 9.17) is 0 Å². The van der Waals surface area contributed by atoms with Gasteiger partial charge in [-0.25, -0.2) is 8.42 Å². The molecule has 0 aromatic heterocycles. The van der Waals surface area contributed by atoms with E-state index in [1.54, 1.807) is 40.9 Å². The van der Waals surface area contributed by atoms with Crippen LogP contribution in [-0.4, -0.2) is 44.5 Å². The Bertz CT molecular complexity index is 911. The zero-order chi connectivity index (χ0) is 18.9. The molecule has 0 unspecified atom stereocenters. The molecule has 1 amide bonds. The number of carbonyl (C=O) groups is 1. The highest BCUT2D eigenvalue weighted by atomic mass is 32.2. The normalized spacial score (nSPS) is 16.8. The van der Waals surface area contributed by atoms with Gasteiger partial charge in [-0.1, -0.05) is 18.2 Å². The second-order valence-electron chi connectivity index (χ2n) is 6.38. The highest BCUT2D eigenvalue weighted by Gasteiger charge is 2.33. The molecule has 0 saturated heterocycles. The number of sulfonamides is 1. The number of fused-ring (bicyclic) bond motifs is 1. The molecule has 0 N–H and O–H groups in total. The van der Waals surface area contributed by atoms with E-state index in [1.807, 2.05) is 37.4 Å². The van der Waals surface area contributed by atoms with Crippen molar-refractivity contribution in [3.8, 4) is 0 Å². The highest BCUT2D eigenvalue weighted by molar-refractivity contribution is 7.98. The number of rotatable bonds is 5. The first-order valence-corrected chi connectivity index (χ1v) is 11.0. The summed E-state index contributed by atoms with van der Waals surface area (Å²) in [6.07, 6.45) is 2.72. The van der Waals surface area contributed by atoms with Crippen molar-refractivity contribution in [1.29, 1.82) is 0 Å². The van der Waals surface area contributed by atoms with Gasteiger partial charge < -0.3 is 4.90 Å². The molecule has 2 aromatic carbocycles. The van der Waals surface area contributed by atoms with E-state index in [0.29, 0.717) is 0 Å². The third-order valence-electron chi connectivity index (χ3n) is 4.60. The molecule has 1 heterocycles. The predicted molar refractivity (Wildman–Crippen MR) is 105 cm³/mol. The molecule has 5 nitrogen and oxygen atoms in total. The summed E-state index contributed by atoms with van der Waals surface area (Å²) in [4.78, 5) is 15.7. The fourth-order valence-electron chi connectivity index (χ4n) is 3.22. The Morgan fingerprint density at radius 1 is 1.19 bits per heavy atom. The average molecular weight is 391 g/mol. The van der Waals surface area contributed by atoms with Crippen LogP contribution in [-0.2, 0) is 21.2 Å². The van der Waals surface area contributed by atoms with Crippen molar-refractivity contribution in [2.45, 2.75) is 29.2 Å². The van der Waals surface area contributed by atoms with Crippen molar-refractivity contribution in [2.24, 2.45) is 0 Å². The zero-order valence-electron chi connectivity index (χ0n) is 15.0. The molecule has 26 heavy (non-hydrogen) atoms. The van der Waals surface area contributed by atoms with Crippen molar-refractivity contribution in [1.82, 2.24) is 4.31 Å². The number of carbonyl (C=O) groups excluding carboxylic acids is 1. The minimum Gasteiger partial charge on any atom is -0.308 e. The largest absolute Gasteiger partial charge is 0.308 e. The van der Waals surface area contributed by atoms with Crippen LogP contribution in [0.1, 0.15) is 12.5 Å². The van der Waals surface area contributed by atoms with Gasteiger partial charge in [0.2, 0.25) is 15.9 Å². The fraction of sp³-hybridized carbons (Fsp3) is 0.316. The van der Waals surface area contributed by atoms with Crippen LogP contribution in [0.3, 0.4) is 0 Å². The van der Waals surface area contributed by atoms with Crippen LogP contribution in [0, 0.1) is 0 Å². The lowest BCUT2D eigenvalue weighted by atomic mass is 10.1. The first kappa shape index (κ1) is 18.9. The first-order valence-electron chi connectivity index (χ1n) is 8.35. The van der Waals surface area contributed by atoms with Crippen LogP contribution in [0.2, 0.25) is 0 Å². The van der Waals surface area contributed by atoms with Gasteiger partial charge in [0.1, 0.15) is 0 Å². The van der Waals surface area contributed by atoms with Gasteiger partial charge in [-0.15, -0.1) is 11.8 Å². The summed E-state index contributed by atoms with van der Waals surface area (Å²) in [6, 6.07) is 14.5.